The van der Waals surface area contributed by atoms with Gasteiger partial charge >= 0.3 is 0 Å². The molecule has 9 heteroatoms. The Kier molecular flexibility index (Phi) is 6.93. The molecule has 3 fully saturated rings. The summed E-state index contributed by atoms with van der Waals surface area (Å²) in [6.45, 7) is 4.69. The molecule has 0 bridgehead atoms. The summed E-state index contributed by atoms with van der Waals surface area (Å²) in [5, 5.41) is 2.98. The van der Waals surface area contributed by atoms with Crippen molar-refractivity contribution in [3.05, 3.63) is 30.3 Å². The number of nitrogens with zero attached hydrogens (tertiary/aromatic N) is 3. The Morgan fingerprint density at radius 3 is 2.23 bits per heavy atom. The maximum absolute atomic E-state index is 12.7. The van der Waals surface area contributed by atoms with E-state index in [1.165, 1.54) is 0 Å². The largest absolute Gasteiger partial charge is 0.339 e. The summed E-state index contributed by atoms with van der Waals surface area (Å²) in [6, 6.07) is 9.61. The second-order valence-electron chi connectivity index (χ2n) is 8.88. The lowest BCUT2D eigenvalue weighted by molar-refractivity contribution is -0.134. The van der Waals surface area contributed by atoms with Crippen LogP contribution in [0.15, 0.2) is 30.3 Å². The monoisotopic (exact) mass is 448 g/mol. The molecule has 2 amide bonds. The normalized spacial score (nSPS) is 25.4. The molecule has 0 radical (unpaired) electrons. The number of sulfone groups is 1. The van der Waals surface area contributed by atoms with Gasteiger partial charge in [-0.2, -0.15) is 0 Å². The van der Waals surface area contributed by atoms with Gasteiger partial charge in [0.25, 0.3) is 0 Å². The summed E-state index contributed by atoms with van der Waals surface area (Å²) in [6.07, 6.45) is 2.23. The van der Waals surface area contributed by atoms with E-state index in [-0.39, 0.29) is 35.3 Å². The fourth-order valence-corrected chi connectivity index (χ4v) is 6.57. The van der Waals surface area contributed by atoms with Gasteiger partial charge in [0.1, 0.15) is 0 Å². The van der Waals surface area contributed by atoms with Crippen LogP contribution in [0.2, 0.25) is 0 Å². The number of hydrogen-bond donors (Lipinski definition) is 1. The Bertz CT molecular complexity index is 876. The van der Waals surface area contributed by atoms with Gasteiger partial charge in [0, 0.05) is 43.8 Å². The van der Waals surface area contributed by atoms with Crippen LogP contribution in [-0.4, -0.2) is 98.3 Å². The van der Waals surface area contributed by atoms with Gasteiger partial charge in [-0.15, -0.1) is 0 Å². The van der Waals surface area contributed by atoms with Crippen LogP contribution in [0.3, 0.4) is 0 Å². The summed E-state index contributed by atoms with van der Waals surface area (Å²) < 4.78 is 23.4. The molecule has 170 valence electrons. The predicted molar refractivity (Wildman–Crippen MR) is 119 cm³/mol. The third kappa shape index (κ3) is 5.84. The Labute approximate surface area is 184 Å². The fraction of sp³-hybridized carbons (Fsp3) is 0.636. The SMILES string of the molecule is O=C(Nc1ccccc1)C1CCN(CC(=O)N2CCN(C3CCS(=O)(=O)C3)CC2)CC1. The number of carbonyl (C=O) groups is 2. The van der Waals surface area contributed by atoms with Gasteiger partial charge in [-0.05, 0) is 44.5 Å². The van der Waals surface area contributed by atoms with E-state index in [9.17, 15) is 18.0 Å². The first-order valence-corrected chi connectivity index (χ1v) is 13.0. The van der Waals surface area contributed by atoms with E-state index in [1.807, 2.05) is 35.2 Å². The third-order valence-electron chi connectivity index (χ3n) is 6.75. The number of para-hydroxylation sites is 1. The molecule has 3 heterocycles. The Morgan fingerprint density at radius 2 is 1.61 bits per heavy atom. The van der Waals surface area contributed by atoms with Gasteiger partial charge in [-0.1, -0.05) is 18.2 Å². The molecule has 0 saturated carbocycles. The first-order chi connectivity index (χ1) is 14.9. The van der Waals surface area contributed by atoms with Gasteiger partial charge in [0.15, 0.2) is 9.84 Å². The van der Waals surface area contributed by atoms with Crippen molar-refractivity contribution in [3.63, 3.8) is 0 Å². The van der Waals surface area contributed by atoms with Gasteiger partial charge in [0.2, 0.25) is 11.8 Å². The minimum absolute atomic E-state index is 0.0159. The molecule has 3 aliphatic rings. The van der Waals surface area contributed by atoms with Crippen molar-refractivity contribution in [1.29, 1.82) is 0 Å². The lowest BCUT2D eigenvalue weighted by Gasteiger charge is -2.39. The number of rotatable bonds is 5. The van der Waals surface area contributed by atoms with E-state index in [1.54, 1.807) is 0 Å². The van der Waals surface area contributed by atoms with Crippen LogP contribution in [0.4, 0.5) is 5.69 Å². The van der Waals surface area contributed by atoms with Crippen LogP contribution in [-0.2, 0) is 19.4 Å². The van der Waals surface area contributed by atoms with Crippen LogP contribution in [0.1, 0.15) is 19.3 Å². The highest BCUT2D eigenvalue weighted by atomic mass is 32.2. The molecule has 0 spiro atoms. The van der Waals surface area contributed by atoms with Crippen molar-refractivity contribution >= 4 is 27.3 Å². The number of piperazine rings is 1. The molecule has 0 aromatic heterocycles. The maximum atomic E-state index is 12.7. The predicted octanol–water partition coefficient (Wildman–Crippen LogP) is 0.668. The Morgan fingerprint density at radius 1 is 0.935 bits per heavy atom. The summed E-state index contributed by atoms with van der Waals surface area (Å²) in [7, 11) is -2.88. The molecule has 3 saturated heterocycles. The molecule has 0 aliphatic carbocycles. The van der Waals surface area contributed by atoms with E-state index in [2.05, 4.69) is 15.1 Å². The number of benzene rings is 1. The van der Waals surface area contributed by atoms with Crippen molar-refractivity contribution in [2.75, 3.05) is 62.6 Å². The number of amides is 2. The number of anilines is 1. The van der Waals surface area contributed by atoms with Crippen LogP contribution in [0.25, 0.3) is 0 Å². The average Bonchev–Trinajstić information content (AvgIpc) is 3.14. The molecule has 31 heavy (non-hydrogen) atoms. The first kappa shape index (κ1) is 22.2. The summed E-state index contributed by atoms with van der Waals surface area (Å²) in [4.78, 5) is 31.5. The molecule has 3 aliphatic heterocycles. The molecule has 8 nitrogen and oxygen atoms in total. The van der Waals surface area contributed by atoms with E-state index in [4.69, 9.17) is 0 Å². The summed E-state index contributed by atoms with van der Waals surface area (Å²) in [5.74, 6) is 0.718. The lowest BCUT2D eigenvalue weighted by atomic mass is 9.95. The maximum Gasteiger partial charge on any atom is 0.236 e. The highest BCUT2D eigenvalue weighted by Gasteiger charge is 2.34. The van der Waals surface area contributed by atoms with Crippen molar-refractivity contribution in [1.82, 2.24) is 14.7 Å². The zero-order chi connectivity index (χ0) is 21.8. The zero-order valence-electron chi connectivity index (χ0n) is 17.9. The molecule has 1 unspecified atom stereocenters. The molecular formula is C22H32N4O4S. The van der Waals surface area contributed by atoms with Crippen molar-refractivity contribution in [3.8, 4) is 0 Å². The minimum Gasteiger partial charge on any atom is -0.339 e. The van der Waals surface area contributed by atoms with Gasteiger partial charge in [-0.3, -0.25) is 19.4 Å². The molecular weight excluding hydrogens is 416 g/mol. The topological polar surface area (TPSA) is 90.0 Å². The standard InChI is InChI=1S/C22H32N4O4S/c27-21(26-13-11-25(12-14-26)20-8-15-31(29,30)17-20)16-24-9-6-18(7-10-24)22(28)23-19-4-2-1-3-5-19/h1-5,18,20H,6-17H2,(H,23,28). The second kappa shape index (κ2) is 9.67. The second-order valence-corrected chi connectivity index (χ2v) is 11.1. The van der Waals surface area contributed by atoms with Crippen LogP contribution in [0.5, 0.6) is 0 Å². The number of likely N-dealkylation sites (tertiary alicyclic amines) is 1. The van der Waals surface area contributed by atoms with Crippen molar-refractivity contribution in [2.24, 2.45) is 5.92 Å². The number of hydrogen-bond acceptors (Lipinski definition) is 6. The molecule has 1 atom stereocenters. The molecule has 1 aromatic rings. The summed E-state index contributed by atoms with van der Waals surface area (Å²) >= 11 is 0. The Hall–Kier alpha value is -1.97. The fourth-order valence-electron chi connectivity index (χ4n) is 4.81. The molecule has 4 rings (SSSR count). The first-order valence-electron chi connectivity index (χ1n) is 11.2. The van der Waals surface area contributed by atoms with Crippen LogP contribution < -0.4 is 5.32 Å². The minimum atomic E-state index is -2.88. The Balaban J connectivity index is 1.17. The molecule has 1 aromatic carbocycles. The third-order valence-corrected chi connectivity index (χ3v) is 8.50. The average molecular weight is 449 g/mol. The number of carbonyl (C=O) groups excluding carboxylic acids is 2. The quantitative estimate of drug-likeness (QED) is 0.712. The van der Waals surface area contributed by atoms with Gasteiger partial charge in [-0.25, -0.2) is 8.42 Å². The highest BCUT2D eigenvalue weighted by Crippen LogP contribution is 2.21. The van der Waals surface area contributed by atoms with Crippen LogP contribution >= 0.6 is 0 Å². The lowest BCUT2D eigenvalue weighted by Crippen LogP contribution is -2.54. The van der Waals surface area contributed by atoms with Gasteiger partial charge in [0.05, 0.1) is 18.1 Å². The smallest absolute Gasteiger partial charge is 0.236 e. The van der Waals surface area contributed by atoms with Crippen LogP contribution in [0, 0.1) is 5.92 Å². The van der Waals surface area contributed by atoms with E-state index in [0.29, 0.717) is 26.1 Å². The molecule has 1 N–H and O–H groups in total. The number of piperidine rings is 1. The number of nitrogens with one attached hydrogen (secondary N) is 1. The summed E-state index contributed by atoms with van der Waals surface area (Å²) in [5.41, 5.74) is 0.819. The van der Waals surface area contributed by atoms with E-state index < -0.39 is 9.84 Å². The van der Waals surface area contributed by atoms with Crippen molar-refractivity contribution in [2.45, 2.75) is 25.3 Å². The van der Waals surface area contributed by atoms with Gasteiger partial charge < -0.3 is 10.2 Å². The van der Waals surface area contributed by atoms with Crippen molar-refractivity contribution < 1.29 is 18.0 Å². The van der Waals surface area contributed by atoms with E-state index in [0.717, 1.165) is 44.7 Å². The zero-order valence-corrected chi connectivity index (χ0v) is 18.7. The van der Waals surface area contributed by atoms with E-state index >= 15 is 0 Å². The highest BCUT2D eigenvalue weighted by molar-refractivity contribution is 7.91.